The largest absolute Gasteiger partial charge is 0.333 e. The molecule has 3 aromatic rings. The fourth-order valence-corrected chi connectivity index (χ4v) is 3.05. The summed E-state index contributed by atoms with van der Waals surface area (Å²) < 4.78 is 13.0. The highest BCUT2D eigenvalue weighted by atomic mass is 32.2. The third kappa shape index (κ3) is 3.74. The molecular formula is C17H12FN3O3S. The maximum absolute atomic E-state index is 13.0. The average molecular weight is 357 g/mol. The number of carbonyl (C=O) groups is 1. The van der Waals surface area contributed by atoms with Crippen molar-refractivity contribution in [3.05, 3.63) is 70.2 Å². The summed E-state index contributed by atoms with van der Waals surface area (Å²) in [7, 11) is 0. The molecule has 25 heavy (non-hydrogen) atoms. The van der Waals surface area contributed by atoms with Crippen LogP contribution in [0.2, 0.25) is 0 Å². The first-order valence-corrected chi connectivity index (χ1v) is 8.04. The zero-order valence-corrected chi connectivity index (χ0v) is 13.8. The molecule has 0 bridgehead atoms. The minimum absolute atomic E-state index is 0.155. The van der Waals surface area contributed by atoms with Crippen molar-refractivity contribution in [3.8, 4) is 11.3 Å². The summed E-state index contributed by atoms with van der Waals surface area (Å²) in [5, 5.41) is 11.7. The molecule has 0 aliphatic carbocycles. The number of aromatic nitrogens is 2. The summed E-state index contributed by atoms with van der Waals surface area (Å²) in [6, 6.07) is 10.2. The number of ketones is 1. The van der Waals surface area contributed by atoms with Crippen LogP contribution in [-0.2, 0) is 0 Å². The number of Topliss-reactive ketones (excluding diaryl/α,β-unsaturated/α-hetero) is 1. The van der Waals surface area contributed by atoms with Gasteiger partial charge in [-0.3, -0.25) is 14.9 Å². The van der Waals surface area contributed by atoms with Gasteiger partial charge in [0.25, 0.3) is 5.69 Å². The smallest absolute Gasteiger partial charge is 0.284 e. The van der Waals surface area contributed by atoms with E-state index >= 15 is 0 Å². The number of hydrogen-bond donors (Lipinski definition) is 1. The van der Waals surface area contributed by atoms with Crippen LogP contribution in [0, 0.1) is 15.9 Å². The van der Waals surface area contributed by atoms with E-state index in [1.807, 2.05) is 0 Å². The minimum Gasteiger partial charge on any atom is -0.333 e. The summed E-state index contributed by atoms with van der Waals surface area (Å²) >= 11 is 1.09. The number of nitro groups is 1. The molecule has 0 saturated carbocycles. The average Bonchev–Trinajstić information content (AvgIpc) is 3.04. The van der Waals surface area contributed by atoms with Crippen molar-refractivity contribution in [2.45, 2.75) is 17.0 Å². The maximum atomic E-state index is 13.0. The molecule has 8 heteroatoms. The Morgan fingerprint density at radius 1 is 1.24 bits per heavy atom. The Balaban J connectivity index is 1.89. The molecule has 2 aromatic carbocycles. The van der Waals surface area contributed by atoms with E-state index in [-0.39, 0.29) is 22.9 Å². The Morgan fingerprint density at radius 3 is 2.60 bits per heavy atom. The molecule has 0 aliphatic heterocycles. The molecule has 0 atom stereocenters. The predicted molar refractivity (Wildman–Crippen MR) is 91.2 cm³/mol. The van der Waals surface area contributed by atoms with Gasteiger partial charge in [0, 0.05) is 11.6 Å². The predicted octanol–water partition coefficient (Wildman–Crippen LogP) is 4.48. The van der Waals surface area contributed by atoms with Gasteiger partial charge in [-0.15, -0.1) is 0 Å². The van der Waals surface area contributed by atoms with Crippen LogP contribution in [0.25, 0.3) is 11.3 Å². The molecule has 1 N–H and O–H groups in total. The zero-order valence-electron chi connectivity index (χ0n) is 13.0. The quantitative estimate of drug-likeness (QED) is 0.413. The lowest BCUT2D eigenvalue weighted by Crippen LogP contribution is -1.97. The van der Waals surface area contributed by atoms with Gasteiger partial charge in [0.15, 0.2) is 10.9 Å². The lowest BCUT2D eigenvalue weighted by molar-refractivity contribution is -0.387. The third-order valence-electron chi connectivity index (χ3n) is 3.48. The molecule has 1 aromatic heterocycles. The summed E-state index contributed by atoms with van der Waals surface area (Å²) in [5.74, 6) is -0.574. The van der Waals surface area contributed by atoms with Crippen molar-refractivity contribution in [1.82, 2.24) is 9.97 Å². The fourth-order valence-electron chi connectivity index (χ4n) is 2.20. The van der Waals surface area contributed by atoms with Crippen molar-refractivity contribution in [3.63, 3.8) is 0 Å². The van der Waals surface area contributed by atoms with Crippen LogP contribution in [0.1, 0.15) is 17.3 Å². The molecular weight excluding hydrogens is 345 g/mol. The number of hydrogen-bond acceptors (Lipinski definition) is 5. The van der Waals surface area contributed by atoms with Gasteiger partial charge in [0.05, 0.1) is 21.7 Å². The van der Waals surface area contributed by atoms with Gasteiger partial charge in [0.1, 0.15) is 5.82 Å². The number of halogens is 1. The number of benzene rings is 2. The fraction of sp³-hybridized carbons (Fsp3) is 0.0588. The molecule has 0 aliphatic rings. The molecule has 0 spiro atoms. The second-order valence-electron chi connectivity index (χ2n) is 5.21. The van der Waals surface area contributed by atoms with E-state index in [9.17, 15) is 19.3 Å². The van der Waals surface area contributed by atoms with E-state index in [2.05, 4.69) is 9.97 Å². The van der Waals surface area contributed by atoms with Crippen LogP contribution < -0.4 is 0 Å². The Kier molecular flexibility index (Phi) is 4.62. The summed E-state index contributed by atoms with van der Waals surface area (Å²) in [6.07, 6.45) is 1.57. The highest BCUT2D eigenvalue weighted by Crippen LogP contribution is 2.35. The van der Waals surface area contributed by atoms with Gasteiger partial charge in [-0.1, -0.05) is 0 Å². The second kappa shape index (κ2) is 6.86. The topological polar surface area (TPSA) is 88.9 Å². The van der Waals surface area contributed by atoms with Gasteiger partial charge in [-0.05, 0) is 60.6 Å². The van der Waals surface area contributed by atoms with Gasteiger partial charge in [-0.25, -0.2) is 9.37 Å². The van der Waals surface area contributed by atoms with Crippen LogP contribution >= 0.6 is 11.8 Å². The van der Waals surface area contributed by atoms with E-state index in [1.165, 1.54) is 31.2 Å². The number of H-pyrrole nitrogens is 1. The Hall–Kier alpha value is -3.00. The highest BCUT2D eigenvalue weighted by Gasteiger charge is 2.18. The standard InChI is InChI=1S/C17H12FN3O3S/c1-10(22)12-4-7-16(15(8-12)21(23)24)25-17-19-9-14(20-17)11-2-5-13(18)6-3-11/h2-9H,1H3,(H,19,20). The normalized spacial score (nSPS) is 10.6. The van der Waals surface area contributed by atoms with Gasteiger partial charge < -0.3 is 4.98 Å². The molecule has 0 radical (unpaired) electrons. The van der Waals surface area contributed by atoms with E-state index in [1.54, 1.807) is 24.4 Å². The van der Waals surface area contributed by atoms with Crippen LogP contribution in [0.4, 0.5) is 10.1 Å². The monoisotopic (exact) mass is 357 g/mol. The number of nitrogens with one attached hydrogen (secondary N) is 1. The Bertz CT molecular complexity index is 954. The number of carbonyl (C=O) groups excluding carboxylic acids is 1. The first kappa shape index (κ1) is 16.8. The first-order valence-electron chi connectivity index (χ1n) is 7.22. The molecule has 0 unspecified atom stereocenters. The van der Waals surface area contributed by atoms with Crippen molar-refractivity contribution in [2.75, 3.05) is 0 Å². The molecule has 0 saturated heterocycles. The lowest BCUT2D eigenvalue weighted by Gasteiger charge is -2.03. The van der Waals surface area contributed by atoms with Crippen molar-refractivity contribution in [2.24, 2.45) is 0 Å². The Morgan fingerprint density at radius 2 is 1.96 bits per heavy atom. The van der Waals surface area contributed by atoms with E-state index in [0.717, 1.165) is 17.3 Å². The molecule has 126 valence electrons. The SMILES string of the molecule is CC(=O)c1ccc(Sc2ncc(-c3ccc(F)cc3)[nH]2)c([N+](=O)[O-])c1. The first-order chi connectivity index (χ1) is 11.9. The number of aromatic amines is 1. The van der Waals surface area contributed by atoms with E-state index < -0.39 is 4.92 Å². The van der Waals surface area contributed by atoms with Crippen molar-refractivity contribution < 1.29 is 14.1 Å². The second-order valence-corrected chi connectivity index (χ2v) is 6.24. The Labute approximate surface area is 146 Å². The number of imidazole rings is 1. The maximum Gasteiger partial charge on any atom is 0.284 e. The van der Waals surface area contributed by atoms with E-state index in [4.69, 9.17) is 0 Å². The van der Waals surface area contributed by atoms with Gasteiger partial charge in [-0.2, -0.15) is 0 Å². The molecule has 6 nitrogen and oxygen atoms in total. The lowest BCUT2D eigenvalue weighted by atomic mass is 10.1. The highest BCUT2D eigenvalue weighted by molar-refractivity contribution is 7.99. The molecule has 0 amide bonds. The minimum atomic E-state index is -0.529. The number of nitro benzene ring substituents is 1. The number of rotatable bonds is 5. The van der Waals surface area contributed by atoms with Crippen LogP contribution in [-0.4, -0.2) is 20.7 Å². The zero-order chi connectivity index (χ0) is 18.0. The van der Waals surface area contributed by atoms with Crippen molar-refractivity contribution in [1.29, 1.82) is 0 Å². The summed E-state index contributed by atoms with van der Waals surface area (Å²) in [5.41, 5.74) is 1.55. The van der Waals surface area contributed by atoms with Crippen LogP contribution in [0.5, 0.6) is 0 Å². The summed E-state index contributed by atoms with van der Waals surface area (Å²) in [4.78, 5) is 29.7. The van der Waals surface area contributed by atoms with Gasteiger partial charge in [0.2, 0.25) is 0 Å². The molecule has 3 rings (SSSR count). The van der Waals surface area contributed by atoms with Crippen LogP contribution in [0.15, 0.2) is 58.7 Å². The van der Waals surface area contributed by atoms with Crippen LogP contribution in [0.3, 0.4) is 0 Å². The molecule has 1 heterocycles. The molecule has 0 fully saturated rings. The third-order valence-corrected chi connectivity index (χ3v) is 4.44. The van der Waals surface area contributed by atoms with Gasteiger partial charge >= 0.3 is 0 Å². The van der Waals surface area contributed by atoms with E-state index in [0.29, 0.717) is 15.7 Å². The summed E-state index contributed by atoms with van der Waals surface area (Å²) in [6.45, 7) is 1.35. The van der Waals surface area contributed by atoms with Crippen molar-refractivity contribution >= 4 is 23.2 Å². The number of nitrogens with zero attached hydrogens (tertiary/aromatic N) is 2.